The molecule has 0 fully saturated rings. The van der Waals surface area contributed by atoms with Crippen molar-refractivity contribution in [1.82, 2.24) is 5.32 Å². The molecule has 0 radical (unpaired) electrons. The SMILES string of the molecule is COC(=O)CNC(=O)C1=CSSC1. The molecule has 72 valence electrons. The van der Waals surface area contributed by atoms with E-state index in [0.29, 0.717) is 11.3 Å². The average molecular weight is 219 g/mol. The van der Waals surface area contributed by atoms with Gasteiger partial charge in [0.2, 0.25) is 5.91 Å². The Morgan fingerprint density at radius 2 is 2.46 bits per heavy atom. The summed E-state index contributed by atoms with van der Waals surface area (Å²) in [5.74, 6) is 0.0626. The van der Waals surface area contributed by atoms with Crippen LogP contribution in [-0.4, -0.2) is 31.3 Å². The number of rotatable bonds is 3. The second-order valence-corrected chi connectivity index (χ2v) is 4.50. The molecule has 1 heterocycles. The third-order valence-corrected chi connectivity index (χ3v) is 3.38. The Balaban J connectivity index is 2.29. The molecular formula is C7H9NO3S2. The molecule has 0 bridgehead atoms. The van der Waals surface area contributed by atoms with Crippen molar-refractivity contribution in [3.8, 4) is 0 Å². The summed E-state index contributed by atoms with van der Waals surface area (Å²) in [5.41, 5.74) is 0.707. The van der Waals surface area contributed by atoms with Crippen molar-refractivity contribution >= 4 is 33.5 Å². The highest BCUT2D eigenvalue weighted by atomic mass is 33.1. The zero-order valence-electron chi connectivity index (χ0n) is 7.03. The van der Waals surface area contributed by atoms with Crippen molar-refractivity contribution in [2.75, 3.05) is 19.4 Å². The zero-order valence-corrected chi connectivity index (χ0v) is 8.67. The first-order valence-electron chi connectivity index (χ1n) is 3.56. The Morgan fingerprint density at radius 3 is 3.00 bits per heavy atom. The van der Waals surface area contributed by atoms with Crippen molar-refractivity contribution < 1.29 is 14.3 Å². The van der Waals surface area contributed by atoms with E-state index in [4.69, 9.17) is 0 Å². The van der Waals surface area contributed by atoms with E-state index < -0.39 is 5.97 Å². The van der Waals surface area contributed by atoms with Gasteiger partial charge in [-0.05, 0) is 5.41 Å². The number of ether oxygens (including phenoxy) is 1. The van der Waals surface area contributed by atoms with Crippen LogP contribution in [0.5, 0.6) is 0 Å². The third kappa shape index (κ3) is 3.31. The Kier molecular flexibility index (Phi) is 4.17. The summed E-state index contributed by atoms with van der Waals surface area (Å²) >= 11 is 0. The highest BCUT2D eigenvalue weighted by molar-refractivity contribution is 8.78. The predicted molar refractivity (Wildman–Crippen MR) is 53.2 cm³/mol. The molecule has 0 atom stereocenters. The Bertz CT molecular complexity index is 252. The summed E-state index contributed by atoms with van der Waals surface area (Å²) < 4.78 is 4.38. The lowest BCUT2D eigenvalue weighted by Gasteiger charge is -2.02. The minimum atomic E-state index is -0.438. The van der Waals surface area contributed by atoms with Gasteiger partial charge in [0.05, 0.1) is 7.11 Å². The van der Waals surface area contributed by atoms with Gasteiger partial charge in [0.25, 0.3) is 0 Å². The number of carbonyl (C=O) groups excluding carboxylic acids is 2. The van der Waals surface area contributed by atoms with Crippen LogP contribution < -0.4 is 5.32 Å². The van der Waals surface area contributed by atoms with E-state index in [9.17, 15) is 9.59 Å². The molecule has 13 heavy (non-hydrogen) atoms. The van der Waals surface area contributed by atoms with Crippen LogP contribution in [-0.2, 0) is 14.3 Å². The molecule has 6 heteroatoms. The molecule has 0 aromatic heterocycles. The Morgan fingerprint density at radius 1 is 1.69 bits per heavy atom. The topological polar surface area (TPSA) is 55.4 Å². The van der Waals surface area contributed by atoms with Crippen LogP contribution in [0.25, 0.3) is 0 Å². The first-order valence-corrected chi connectivity index (χ1v) is 5.94. The zero-order chi connectivity index (χ0) is 9.68. The van der Waals surface area contributed by atoms with Crippen LogP contribution in [0, 0.1) is 0 Å². The third-order valence-electron chi connectivity index (χ3n) is 1.39. The van der Waals surface area contributed by atoms with Crippen LogP contribution in [0.1, 0.15) is 0 Å². The van der Waals surface area contributed by atoms with E-state index in [2.05, 4.69) is 10.1 Å². The molecule has 1 aliphatic rings. The number of amides is 1. The largest absolute Gasteiger partial charge is 0.468 e. The predicted octanol–water partition coefficient (Wildman–Crippen LogP) is 0.554. The quantitative estimate of drug-likeness (QED) is 0.555. The maximum Gasteiger partial charge on any atom is 0.325 e. The number of esters is 1. The highest BCUT2D eigenvalue weighted by Gasteiger charge is 2.14. The number of hydrogen-bond acceptors (Lipinski definition) is 5. The van der Waals surface area contributed by atoms with Crippen LogP contribution in [0.15, 0.2) is 11.0 Å². The first-order chi connectivity index (χ1) is 6.24. The normalized spacial score (nSPS) is 15.0. The summed E-state index contributed by atoms with van der Waals surface area (Å²) in [5, 5.41) is 4.26. The molecule has 0 aliphatic carbocycles. The van der Waals surface area contributed by atoms with E-state index in [-0.39, 0.29) is 12.5 Å². The van der Waals surface area contributed by atoms with E-state index in [1.807, 2.05) is 0 Å². The Labute approximate surface area is 83.9 Å². The van der Waals surface area contributed by atoms with Gasteiger partial charge < -0.3 is 10.1 Å². The van der Waals surface area contributed by atoms with Gasteiger partial charge in [0.15, 0.2) is 0 Å². The average Bonchev–Trinajstić information content (AvgIpc) is 2.66. The molecule has 0 aromatic rings. The molecule has 1 rings (SSSR count). The van der Waals surface area contributed by atoms with Crippen molar-refractivity contribution in [1.29, 1.82) is 0 Å². The molecule has 1 N–H and O–H groups in total. The Hall–Kier alpha value is -0.620. The van der Waals surface area contributed by atoms with E-state index in [0.717, 1.165) is 0 Å². The van der Waals surface area contributed by atoms with Gasteiger partial charge in [0.1, 0.15) is 6.54 Å². The first kappa shape index (κ1) is 10.5. The maximum absolute atomic E-state index is 11.3. The van der Waals surface area contributed by atoms with E-state index in [1.165, 1.54) is 17.9 Å². The van der Waals surface area contributed by atoms with Gasteiger partial charge in [-0.1, -0.05) is 21.6 Å². The second kappa shape index (κ2) is 5.18. The molecule has 0 aromatic carbocycles. The fourth-order valence-corrected chi connectivity index (χ4v) is 2.71. The smallest absolute Gasteiger partial charge is 0.325 e. The minimum Gasteiger partial charge on any atom is -0.468 e. The lowest BCUT2D eigenvalue weighted by atomic mass is 10.3. The number of methoxy groups -OCH3 is 1. The van der Waals surface area contributed by atoms with Crippen molar-refractivity contribution in [3.05, 3.63) is 11.0 Å². The maximum atomic E-state index is 11.3. The van der Waals surface area contributed by atoms with Crippen molar-refractivity contribution in [3.63, 3.8) is 0 Å². The number of hydrogen-bond donors (Lipinski definition) is 1. The lowest BCUT2D eigenvalue weighted by molar-refractivity contribution is -0.140. The second-order valence-electron chi connectivity index (χ2n) is 2.26. The van der Waals surface area contributed by atoms with Crippen molar-refractivity contribution in [2.45, 2.75) is 0 Å². The van der Waals surface area contributed by atoms with Gasteiger partial charge >= 0.3 is 5.97 Å². The molecule has 0 spiro atoms. The van der Waals surface area contributed by atoms with Crippen LogP contribution in [0.2, 0.25) is 0 Å². The number of carbonyl (C=O) groups is 2. The summed E-state index contributed by atoms with van der Waals surface area (Å²) in [6.07, 6.45) is 0. The summed E-state index contributed by atoms with van der Waals surface area (Å²) in [4.78, 5) is 21.9. The number of nitrogens with one attached hydrogen (secondary N) is 1. The molecule has 0 unspecified atom stereocenters. The lowest BCUT2D eigenvalue weighted by Crippen LogP contribution is -2.31. The fraction of sp³-hybridized carbons (Fsp3) is 0.429. The molecule has 1 amide bonds. The highest BCUT2D eigenvalue weighted by Crippen LogP contribution is 2.33. The van der Waals surface area contributed by atoms with Gasteiger partial charge in [-0.2, -0.15) is 0 Å². The van der Waals surface area contributed by atoms with Gasteiger partial charge in [-0.15, -0.1) is 0 Å². The van der Waals surface area contributed by atoms with Crippen LogP contribution in [0.3, 0.4) is 0 Å². The van der Waals surface area contributed by atoms with Gasteiger partial charge in [0, 0.05) is 11.3 Å². The van der Waals surface area contributed by atoms with E-state index >= 15 is 0 Å². The van der Waals surface area contributed by atoms with Crippen molar-refractivity contribution in [2.24, 2.45) is 0 Å². The molecule has 1 aliphatic heterocycles. The molecule has 0 saturated heterocycles. The van der Waals surface area contributed by atoms with Crippen LogP contribution in [0.4, 0.5) is 0 Å². The summed E-state index contributed by atoms with van der Waals surface area (Å²) in [6, 6.07) is 0. The van der Waals surface area contributed by atoms with Gasteiger partial charge in [-0.3, -0.25) is 9.59 Å². The van der Waals surface area contributed by atoms with E-state index in [1.54, 1.807) is 16.2 Å². The fourth-order valence-electron chi connectivity index (χ4n) is 0.681. The molecular weight excluding hydrogens is 210 g/mol. The molecule has 4 nitrogen and oxygen atoms in total. The summed E-state index contributed by atoms with van der Waals surface area (Å²) in [7, 11) is 4.41. The monoisotopic (exact) mass is 219 g/mol. The van der Waals surface area contributed by atoms with Gasteiger partial charge in [-0.25, -0.2) is 0 Å². The minimum absolute atomic E-state index is 0.0675. The molecule has 0 saturated carbocycles. The van der Waals surface area contributed by atoms with Crippen LogP contribution >= 0.6 is 21.6 Å². The summed E-state index contributed by atoms with van der Waals surface area (Å²) in [6.45, 7) is -0.0675. The standard InChI is InChI=1S/C7H9NO3S2/c1-11-6(9)2-8-7(10)5-3-12-13-4-5/h3H,2,4H2,1H3,(H,8,10).